The average Bonchev–Trinajstić information content (AvgIpc) is 3.08. The standard InChI is InChI=1S/C12H16N6O2S2/c1-8-11(5-14-17-7-13-15-12(17)21)9(2)18(16-8)10-3-4-22(19,20)6-10/h5,7,10H,3-4,6H2,1-2H3,(H,15,21)/t10-/m0/s1. The number of nitrogens with one attached hydrogen (secondary N) is 1. The predicted octanol–water partition coefficient (Wildman–Crippen LogP) is 0.996. The minimum absolute atomic E-state index is 0.0954. The maximum Gasteiger partial charge on any atom is 0.216 e. The molecule has 1 aliphatic heterocycles. The number of rotatable bonds is 3. The summed E-state index contributed by atoms with van der Waals surface area (Å²) < 4.78 is 26.9. The van der Waals surface area contributed by atoms with Gasteiger partial charge < -0.3 is 0 Å². The molecular weight excluding hydrogens is 324 g/mol. The van der Waals surface area contributed by atoms with Crippen molar-refractivity contribution in [1.29, 1.82) is 0 Å². The summed E-state index contributed by atoms with van der Waals surface area (Å²) >= 11 is 5.03. The normalized spacial score (nSPS) is 20.9. The van der Waals surface area contributed by atoms with E-state index in [2.05, 4.69) is 20.4 Å². The lowest BCUT2D eigenvalue weighted by Gasteiger charge is -2.10. The first-order chi connectivity index (χ1) is 10.4. The molecule has 0 aromatic carbocycles. The van der Waals surface area contributed by atoms with Gasteiger partial charge in [-0.05, 0) is 32.5 Å². The highest BCUT2D eigenvalue weighted by Gasteiger charge is 2.31. The Hall–Kier alpha value is -1.81. The van der Waals surface area contributed by atoms with Gasteiger partial charge in [-0.1, -0.05) is 0 Å². The van der Waals surface area contributed by atoms with Gasteiger partial charge in [0.25, 0.3) is 0 Å². The maximum atomic E-state index is 11.6. The molecule has 0 unspecified atom stereocenters. The van der Waals surface area contributed by atoms with Gasteiger partial charge in [-0.2, -0.15) is 20.0 Å². The Kier molecular flexibility index (Phi) is 3.73. The molecule has 3 heterocycles. The van der Waals surface area contributed by atoms with Gasteiger partial charge in [-0.3, -0.25) is 9.78 Å². The molecule has 0 spiro atoms. The van der Waals surface area contributed by atoms with Crippen LogP contribution >= 0.6 is 12.2 Å². The summed E-state index contributed by atoms with van der Waals surface area (Å²) in [5.74, 6) is 0.377. The molecule has 0 saturated carbocycles. The summed E-state index contributed by atoms with van der Waals surface area (Å²) in [6, 6.07) is -0.0954. The minimum Gasteiger partial charge on any atom is -0.265 e. The van der Waals surface area contributed by atoms with E-state index in [9.17, 15) is 8.42 Å². The van der Waals surface area contributed by atoms with Crippen molar-refractivity contribution in [3.8, 4) is 0 Å². The molecule has 1 fully saturated rings. The zero-order valence-corrected chi connectivity index (χ0v) is 13.9. The lowest BCUT2D eigenvalue weighted by molar-refractivity contribution is 0.486. The Morgan fingerprint density at radius 3 is 2.86 bits per heavy atom. The monoisotopic (exact) mass is 340 g/mol. The summed E-state index contributed by atoms with van der Waals surface area (Å²) in [5, 5.41) is 15.1. The zero-order chi connectivity index (χ0) is 15.9. The topological polar surface area (TPSA) is 97.9 Å². The fourth-order valence-electron chi connectivity index (χ4n) is 2.63. The third-order valence-corrected chi connectivity index (χ3v) is 5.81. The second-order valence-corrected chi connectivity index (χ2v) is 7.95. The highest BCUT2D eigenvalue weighted by Crippen LogP contribution is 2.26. The number of aromatic nitrogens is 5. The van der Waals surface area contributed by atoms with Crippen molar-refractivity contribution in [2.75, 3.05) is 11.5 Å². The molecular formula is C12H16N6O2S2. The Bertz CT molecular complexity index is 889. The second-order valence-electron chi connectivity index (χ2n) is 5.34. The second kappa shape index (κ2) is 5.43. The molecule has 1 N–H and O–H groups in total. The van der Waals surface area contributed by atoms with Gasteiger partial charge in [-0.15, -0.1) is 0 Å². The summed E-state index contributed by atoms with van der Waals surface area (Å²) in [5.41, 5.74) is 2.58. The molecule has 8 nitrogen and oxygen atoms in total. The summed E-state index contributed by atoms with van der Waals surface area (Å²) in [7, 11) is -2.94. The molecule has 2 aromatic rings. The number of hydrogen-bond donors (Lipinski definition) is 1. The maximum absolute atomic E-state index is 11.6. The number of aromatic amines is 1. The smallest absolute Gasteiger partial charge is 0.216 e. The third-order valence-electron chi connectivity index (χ3n) is 3.78. The van der Waals surface area contributed by atoms with Crippen LogP contribution in [-0.2, 0) is 9.84 Å². The third kappa shape index (κ3) is 2.75. The zero-order valence-electron chi connectivity index (χ0n) is 12.2. The molecule has 1 atom stereocenters. The van der Waals surface area contributed by atoms with Crippen molar-refractivity contribution in [2.24, 2.45) is 5.10 Å². The van der Waals surface area contributed by atoms with Crippen LogP contribution in [0.25, 0.3) is 0 Å². The van der Waals surface area contributed by atoms with Crippen LogP contribution < -0.4 is 0 Å². The van der Waals surface area contributed by atoms with E-state index in [1.165, 1.54) is 11.0 Å². The van der Waals surface area contributed by atoms with Gasteiger partial charge in [0.2, 0.25) is 4.77 Å². The molecule has 1 aliphatic rings. The molecule has 0 radical (unpaired) electrons. The van der Waals surface area contributed by atoms with Crippen molar-refractivity contribution >= 4 is 28.3 Å². The first-order valence-electron chi connectivity index (χ1n) is 6.80. The van der Waals surface area contributed by atoms with E-state index in [4.69, 9.17) is 12.2 Å². The number of nitrogens with zero attached hydrogens (tertiary/aromatic N) is 5. The van der Waals surface area contributed by atoms with Gasteiger partial charge >= 0.3 is 0 Å². The van der Waals surface area contributed by atoms with Crippen LogP contribution in [-0.4, -0.2) is 50.8 Å². The minimum atomic E-state index is -2.94. The van der Waals surface area contributed by atoms with Gasteiger partial charge in [0.05, 0.1) is 29.5 Å². The molecule has 118 valence electrons. The average molecular weight is 340 g/mol. The van der Waals surface area contributed by atoms with E-state index in [1.807, 2.05) is 13.8 Å². The van der Waals surface area contributed by atoms with Gasteiger partial charge in [0, 0.05) is 11.3 Å². The van der Waals surface area contributed by atoms with E-state index in [0.29, 0.717) is 11.2 Å². The number of aryl methyl sites for hydroxylation is 1. The number of hydrogen-bond acceptors (Lipinski definition) is 6. The fourth-order valence-corrected chi connectivity index (χ4v) is 4.47. The molecule has 3 rings (SSSR count). The van der Waals surface area contributed by atoms with E-state index >= 15 is 0 Å². The van der Waals surface area contributed by atoms with Crippen LogP contribution in [0.2, 0.25) is 0 Å². The number of sulfone groups is 1. The largest absolute Gasteiger partial charge is 0.265 e. The van der Waals surface area contributed by atoms with Crippen LogP contribution in [0, 0.1) is 18.6 Å². The molecule has 0 aliphatic carbocycles. The Morgan fingerprint density at radius 2 is 2.27 bits per heavy atom. The van der Waals surface area contributed by atoms with Crippen molar-refractivity contribution in [2.45, 2.75) is 26.3 Å². The number of H-pyrrole nitrogens is 1. The van der Waals surface area contributed by atoms with Crippen molar-refractivity contribution in [1.82, 2.24) is 24.7 Å². The predicted molar refractivity (Wildman–Crippen MR) is 84.4 cm³/mol. The van der Waals surface area contributed by atoms with E-state index in [1.54, 1.807) is 10.9 Å². The van der Waals surface area contributed by atoms with Crippen LogP contribution in [0.3, 0.4) is 0 Å². The fraction of sp³-hybridized carbons (Fsp3) is 0.500. The van der Waals surface area contributed by atoms with E-state index in [0.717, 1.165) is 17.0 Å². The summed E-state index contributed by atoms with van der Waals surface area (Å²) in [6.07, 6.45) is 3.76. The summed E-state index contributed by atoms with van der Waals surface area (Å²) in [4.78, 5) is 0. The van der Waals surface area contributed by atoms with E-state index < -0.39 is 9.84 Å². The SMILES string of the molecule is Cc1nn([C@H]2CCS(=O)(=O)C2)c(C)c1C=Nn1cn[nH]c1=S. The van der Waals surface area contributed by atoms with Crippen LogP contribution in [0.1, 0.15) is 29.4 Å². The Morgan fingerprint density at radius 1 is 1.50 bits per heavy atom. The van der Waals surface area contributed by atoms with Crippen molar-refractivity contribution in [3.63, 3.8) is 0 Å². The molecule has 0 amide bonds. The van der Waals surface area contributed by atoms with Crippen molar-refractivity contribution < 1.29 is 8.42 Å². The lowest BCUT2D eigenvalue weighted by Crippen LogP contribution is -2.14. The van der Waals surface area contributed by atoms with E-state index in [-0.39, 0.29) is 17.5 Å². The first-order valence-corrected chi connectivity index (χ1v) is 9.03. The molecule has 2 aromatic heterocycles. The highest BCUT2D eigenvalue weighted by atomic mass is 32.2. The highest BCUT2D eigenvalue weighted by molar-refractivity contribution is 7.91. The van der Waals surface area contributed by atoms with Crippen molar-refractivity contribution in [3.05, 3.63) is 28.0 Å². The van der Waals surface area contributed by atoms with Crippen LogP contribution in [0.5, 0.6) is 0 Å². The summed E-state index contributed by atoms with van der Waals surface area (Å²) in [6.45, 7) is 3.80. The molecule has 22 heavy (non-hydrogen) atoms. The van der Waals surface area contributed by atoms with Crippen LogP contribution in [0.15, 0.2) is 11.4 Å². The lowest BCUT2D eigenvalue weighted by atomic mass is 10.2. The Balaban J connectivity index is 1.93. The molecule has 1 saturated heterocycles. The molecule has 10 heteroatoms. The van der Waals surface area contributed by atoms with Gasteiger partial charge in [0.15, 0.2) is 9.84 Å². The Labute approximate surface area is 132 Å². The van der Waals surface area contributed by atoms with Crippen LogP contribution in [0.4, 0.5) is 0 Å². The first kappa shape index (κ1) is 15.1. The van der Waals surface area contributed by atoms with Gasteiger partial charge in [-0.25, -0.2) is 8.42 Å². The molecule has 0 bridgehead atoms. The van der Waals surface area contributed by atoms with Gasteiger partial charge in [0.1, 0.15) is 6.33 Å². The quantitative estimate of drug-likeness (QED) is 0.664.